The number of fused-ring (bicyclic) bond motifs is 3. The number of rotatable bonds is 18. The second kappa shape index (κ2) is 18.3. The Balaban J connectivity index is 1.11. The zero-order valence-corrected chi connectivity index (χ0v) is 32.9. The number of carbonyl (C=O) groups excluding carboxylic acids is 1. The first-order chi connectivity index (χ1) is 26.2. The summed E-state index contributed by atoms with van der Waals surface area (Å²) >= 11 is 11.9. The molecule has 6 rings (SSSR count). The molecule has 1 N–H and O–H groups in total. The van der Waals surface area contributed by atoms with E-state index in [1.54, 1.807) is 0 Å². The van der Waals surface area contributed by atoms with Gasteiger partial charge in [0.1, 0.15) is 23.8 Å². The molecule has 2 heterocycles. The average molecular weight is 771 g/mol. The number of anilines is 1. The fourth-order valence-electron chi connectivity index (χ4n) is 7.77. The summed E-state index contributed by atoms with van der Waals surface area (Å²) in [6.45, 7) is 6.87. The molecule has 0 amide bonds. The second-order valence-electron chi connectivity index (χ2n) is 14.8. The van der Waals surface area contributed by atoms with E-state index in [1.807, 2.05) is 18.2 Å². The lowest BCUT2D eigenvalue weighted by molar-refractivity contribution is -0.438. The van der Waals surface area contributed by atoms with Crippen molar-refractivity contribution in [2.75, 3.05) is 36.3 Å². The van der Waals surface area contributed by atoms with Crippen LogP contribution in [0.1, 0.15) is 88.3 Å². The normalized spacial score (nSPS) is 15.7. The van der Waals surface area contributed by atoms with Crippen molar-refractivity contribution < 1.29 is 28.7 Å². The minimum absolute atomic E-state index is 0.188. The molecule has 0 bridgehead atoms. The number of halogens is 2. The third kappa shape index (κ3) is 9.48. The maximum absolute atomic E-state index is 12.9. The molecule has 0 saturated carbocycles. The predicted molar refractivity (Wildman–Crippen MR) is 219 cm³/mol. The Morgan fingerprint density at radius 1 is 0.926 bits per heavy atom. The van der Waals surface area contributed by atoms with E-state index < -0.39 is 5.97 Å². The summed E-state index contributed by atoms with van der Waals surface area (Å²) in [7, 11) is 0. The summed E-state index contributed by atoms with van der Waals surface area (Å²) < 4.78 is 14.8. The summed E-state index contributed by atoms with van der Waals surface area (Å²) in [4.78, 5) is 26.1. The molecule has 9 heteroatoms. The molecule has 3 aliphatic rings. The molecule has 7 nitrogen and oxygen atoms in total. The summed E-state index contributed by atoms with van der Waals surface area (Å²) in [5.41, 5.74) is 9.13. The van der Waals surface area contributed by atoms with Gasteiger partial charge in [-0.25, -0.2) is 0 Å². The van der Waals surface area contributed by atoms with Crippen LogP contribution >= 0.6 is 23.2 Å². The molecule has 0 spiro atoms. The number of nitrogens with zero attached hydrogens (tertiary/aromatic N) is 2. The van der Waals surface area contributed by atoms with Gasteiger partial charge in [0.15, 0.2) is 5.71 Å². The van der Waals surface area contributed by atoms with E-state index >= 15 is 0 Å². The van der Waals surface area contributed by atoms with E-state index in [0.29, 0.717) is 42.5 Å². The molecule has 0 unspecified atom stereocenters. The monoisotopic (exact) mass is 769 g/mol. The van der Waals surface area contributed by atoms with Crippen molar-refractivity contribution in [1.29, 1.82) is 0 Å². The number of hydrogen-bond donors (Lipinski definition) is 1. The number of hydrogen-bond acceptors (Lipinski definition) is 5. The van der Waals surface area contributed by atoms with E-state index in [4.69, 9.17) is 37.8 Å². The van der Waals surface area contributed by atoms with E-state index in [0.717, 1.165) is 80.7 Å². The standard InChI is InChI=1S/C45H50Cl2N2O5/c1-45(2)38-13-5-6-14-39(38)49(27-7-3-4-15-42(50)51)41(45)24-20-33-11-9-12-35-30-34-19-23-37(31-40(34)54-44(33)35)53-43(52)16-8-10-32-17-21-36(22-18-32)48(28-25-46)29-26-47/h5-6,13-14,17-24,30-31H,3-4,7-12,15-16,25-29H2,1-2H3/p+1/b24-20+. The minimum atomic E-state index is -0.739. The number of aliphatic carboxylic acids is 1. The van der Waals surface area contributed by atoms with E-state index in [1.165, 1.54) is 28.1 Å². The van der Waals surface area contributed by atoms with Crippen molar-refractivity contribution in [1.82, 2.24) is 0 Å². The molecule has 3 aromatic carbocycles. The van der Waals surface area contributed by atoms with Crippen molar-refractivity contribution in [2.24, 2.45) is 0 Å². The summed E-state index contributed by atoms with van der Waals surface area (Å²) in [5.74, 6) is 2.14. The Hall–Kier alpha value is -4.33. The topological polar surface area (TPSA) is 79.1 Å². The van der Waals surface area contributed by atoms with Gasteiger partial charge in [-0.3, -0.25) is 9.59 Å². The summed E-state index contributed by atoms with van der Waals surface area (Å²) in [6.07, 6.45) is 14.0. The first-order valence-electron chi connectivity index (χ1n) is 19.2. The number of benzene rings is 3. The van der Waals surface area contributed by atoms with Crippen LogP contribution in [0.25, 0.3) is 6.08 Å². The lowest BCUT2D eigenvalue weighted by Crippen LogP contribution is -2.28. The Kier molecular flexibility index (Phi) is 13.4. The van der Waals surface area contributed by atoms with Gasteiger partial charge < -0.3 is 19.5 Å². The predicted octanol–water partition coefficient (Wildman–Crippen LogP) is 10.4. The number of para-hydroxylation sites is 1. The molecule has 0 atom stereocenters. The number of carbonyl (C=O) groups is 2. The highest BCUT2D eigenvalue weighted by molar-refractivity contribution is 6.18. The molecule has 2 aliphatic heterocycles. The Morgan fingerprint density at radius 2 is 1.70 bits per heavy atom. The van der Waals surface area contributed by atoms with Crippen LogP contribution in [0.3, 0.4) is 0 Å². The average Bonchev–Trinajstić information content (AvgIpc) is 3.37. The quantitative estimate of drug-likeness (QED) is 0.0456. The van der Waals surface area contributed by atoms with E-state index in [-0.39, 0.29) is 17.8 Å². The first kappa shape index (κ1) is 39.4. The highest BCUT2D eigenvalue weighted by Crippen LogP contribution is 2.43. The Labute approximate surface area is 329 Å². The molecule has 54 heavy (non-hydrogen) atoms. The highest BCUT2D eigenvalue weighted by atomic mass is 35.5. The molecule has 284 valence electrons. The fourth-order valence-corrected chi connectivity index (χ4v) is 8.17. The third-order valence-corrected chi connectivity index (χ3v) is 10.9. The molecule has 0 aromatic heterocycles. The third-order valence-electron chi connectivity index (χ3n) is 10.6. The molecular formula is C45H51Cl2N2O5+. The van der Waals surface area contributed by atoms with Gasteiger partial charge in [-0.2, -0.15) is 4.58 Å². The van der Waals surface area contributed by atoms with Gasteiger partial charge in [0.05, 0.1) is 5.41 Å². The number of carboxylic acids is 1. The van der Waals surface area contributed by atoms with Crippen LogP contribution in [0.5, 0.6) is 11.5 Å². The van der Waals surface area contributed by atoms with Crippen molar-refractivity contribution in [2.45, 2.75) is 83.5 Å². The van der Waals surface area contributed by atoms with Gasteiger partial charge >= 0.3 is 11.9 Å². The smallest absolute Gasteiger partial charge is 0.311 e. The number of carboxylic acid groups (broad SMARTS) is 1. The highest BCUT2D eigenvalue weighted by Gasteiger charge is 2.44. The van der Waals surface area contributed by atoms with Gasteiger partial charge in [0.25, 0.3) is 0 Å². The zero-order chi connectivity index (χ0) is 38.1. The van der Waals surface area contributed by atoms with Gasteiger partial charge in [0.2, 0.25) is 5.69 Å². The van der Waals surface area contributed by atoms with Gasteiger partial charge in [-0.1, -0.05) is 30.3 Å². The van der Waals surface area contributed by atoms with Crippen LogP contribution in [-0.2, 0) is 21.4 Å². The largest absolute Gasteiger partial charge is 0.481 e. The van der Waals surface area contributed by atoms with Crippen molar-refractivity contribution in [3.05, 3.63) is 112 Å². The fraction of sp³-hybridized carbons (Fsp3) is 0.400. The van der Waals surface area contributed by atoms with Crippen LogP contribution < -0.4 is 14.4 Å². The SMILES string of the molecule is CC1(C)C(/C=C/C2=C3Oc4cc(OC(=O)CCCc5ccc(N(CCCl)CCCl)cc5)ccc4C=C3CCC2)=[N+](CCCCCC(=O)O)c2ccccc21. The Morgan fingerprint density at radius 3 is 2.46 bits per heavy atom. The number of esters is 1. The molecular weight excluding hydrogens is 719 g/mol. The lowest BCUT2D eigenvalue weighted by atomic mass is 9.81. The molecule has 0 saturated heterocycles. The number of alkyl halides is 2. The first-order valence-corrected chi connectivity index (χ1v) is 20.3. The number of unbranched alkanes of at least 4 members (excludes halogenated alkanes) is 2. The van der Waals surface area contributed by atoms with Crippen molar-refractivity contribution >= 4 is 58.3 Å². The van der Waals surface area contributed by atoms with Crippen molar-refractivity contribution in [3.63, 3.8) is 0 Å². The second-order valence-corrected chi connectivity index (χ2v) is 15.5. The lowest BCUT2D eigenvalue weighted by Gasteiger charge is -2.26. The number of ether oxygens (including phenoxy) is 2. The molecule has 1 aliphatic carbocycles. The summed E-state index contributed by atoms with van der Waals surface area (Å²) in [6, 6.07) is 22.6. The van der Waals surface area contributed by atoms with E-state index in [2.05, 4.69) is 90.1 Å². The Bertz CT molecular complexity index is 1950. The number of allylic oxidation sites excluding steroid dienone is 4. The molecule has 0 fully saturated rings. The van der Waals surface area contributed by atoms with Gasteiger partial charge in [-0.05, 0) is 112 Å². The van der Waals surface area contributed by atoms with Gasteiger partial charge in [-0.15, -0.1) is 23.2 Å². The van der Waals surface area contributed by atoms with Crippen molar-refractivity contribution in [3.8, 4) is 11.5 Å². The van der Waals surface area contributed by atoms with Crippen LogP contribution in [0.4, 0.5) is 11.4 Å². The molecule has 3 aromatic rings. The van der Waals surface area contributed by atoms with Gasteiger partial charge in [0, 0.05) is 79.1 Å². The maximum atomic E-state index is 12.9. The van der Waals surface area contributed by atoms with E-state index in [9.17, 15) is 9.59 Å². The molecule has 0 radical (unpaired) electrons. The number of aryl methyl sites for hydroxylation is 1. The summed E-state index contributed by atoms with van der Waals surface area (Å²) in [5, 5.41) is 9.08. The van der Waals surface area contributed by atoms with Crippen LogP contribution in [0.15, 0.2) is 95.8 Å². The maximum Gasteiger partial charge on any atom is 0.311 e. The minimum Gasteiger partial charge on any atom is -0.481 e. The van der Waals surface area contributed by atoms with Crippen LogP contribution in [0, 0.1) is 0 Å². The zero-order valence-electron chi connectivity index (χ0n) is 31.4. The van der Waals surface area contributed by atoms with Crippen LogP contribution in [-0.4, -0.2) is 58.7 Å². The van der Waals surface area contributed by atoms with Crippen LogP contribution in [0.2, 0.25) is 0 Å².